The van der Waals surface area contributed by atoms with Gasteiger partial charge in [0.25, 0.3) is 0 Å². The van der Waals surface area contributed by atoms with Gasteiger partial charge in [-0.15, -0.1) is 0 Å². The van der Waals surface area contributed by atoms with Crippen LogP contribution in [0.1, 0.15) is 17.0 Å². The zero-order valence-electron chi connectivity index (χ0n) is 11.8. The molecule has 0 aliphatic rings. The highest BCUT2D eigenvalue weighted by Gasteiger charge is 2.36. The smallest absolute Gasteiger partial charge is 0.358 e. The minimum absolute atomic E-state index is 0.588. The van der Waals surface area contributed by atoms with Gasteiger partial charge < -0.3 is 19.3 Å². The van der Waals surface area contributed by atoms with Gasteiger partial charge in [-0.2, -0.15) is 0 Å². The molecular weight excluding hydrogens is 275 g/mol. The van der Waals surface area contributed by atoms with Crippen LogP contribution in [0.2, 0.25) is 0 Å². The third-order valence-electron chi connectivity index (χ3n) is 3.10. The molecule has 0 saturated heterocycles. The van der Waals surface area contributed by atoms with E-state index in [1.165, 1.54) is 14.2 Å². The van der Waals surface area contributed by atoms with E-state index in [9.17, 15) is 4.57 Å². The van der Waals surface area contributed by atoms with Crippen molar-refractivity contribution in [3.8, 4) is 0 Å². The second kappa shape index (κ2) is 6.27. The minimum atomic E-state index is -3.30. The minimum Gasteiger partial charge on any atom is -0.367 e. The standard InChI is InChI=1S/C14H19N2O3P/c1-11-6-8-12(9-7-11)16-14(13-5-4-10-15-13)20(17,18-2)19-3/h4-10,14-16H,1-3H3. The van der Waals surface area contributed by atoms with Crippen molar-refractivity contribution in [3.63, 3.8) is 0 Å². The van der Waals surface area contributed by atoms with Crippen LogP contribution in [0.25, 0.3) is 0 Å². The first-order chi connectivity index (χ1) is 9.59. The van der Waals surface area contributed by atoms with Crippen molar-refractivity contribution in [1.82, 2.24) is 4.98 Å². The molecule has 108 valence electrons. The number of nitrogens with one attached hydrogen (secondary N) is 2. The maximum Gasteiger partial charge on any atom is 0.358 e. The average Bonchev–Trinajstić information content (AvgIpc) is 2.99. The maximum absolute atomic E-state index is 12.7. The summed E-state index contributed by atoms with van der Waals surface area (Å²) in [6.45, 7) is 2.02. The van der Waals surface area contributed by atoms with Crippen LogP contribution < -0.4 is 5.32 Å². The van der Waals surface area contributed by atoms with Gasteiger partial charge in [-0.25, -0.2) is 0 Å². The Balaban J connectivity index is 2.33. The molecule has 0 aliphatic carbocycles. The van der Waals surface area contributed by atoms with Crippen LogP contribution in [0.5, 0.6) is 0 Å². The summed E-state index contributed by atoms with van der Waals surface area (Å²) in [4.78, 5) is 3.05. The van der Waals surface area contributed by atoms with Gasteiger partial charge in [-0.1, -0.05) is 17.7 Å². The number of aromatic amines is 1. The molecule has 0 bridgehead atoms. The molecule has 5 nitrogen and oxygen atoms in total. The number of aromatic nitrogens is 1. The third-order valence-corrected chi connectivity index (χ3v) is 5.15. The average molecular weight is 294 g/mol. The van der Waals surface area contributed by atoms with Gasteiger partial charge in [-0.3, -0.25) is 4.57 Å². The molecule has 20 heavy (non-hydrogen) atoms. The number of rotatable bonds is 6. The van der Waals surface area contributed by atoms with Crippen LogP contribution in [0.15, 0.2) is 42.6 Å². The Hall–Kier alpha value is -1.55. The number of hydrogen-bond acceptors (Lipinski definition) is 4. The van der Waals surface area contributed by atoms with Crippen molar-refractivity contribution in [2.75, 3.05) is 19.5 Å². The molecule has 0 aliphatic heterocycles. The Morgan fingerprint density at radius 3 is 2.30 bits per heavy atom. The highest BCUT2D eigenvalue weighted by atomic mass is 31.2. The maximum atomic E-state index is 12.7. The number of H-pyrrole nitrogens is 1. The molecule has 0 fully saturated rings. The predicted octanol–water partition coefficient (Wildman–Crippen LogP) is 3.92. The van der Waals surface area contributed by atoms with E-state index in [4.69, 9.17) is 9.05 Å². The lowest BCUT2D eigenvalue weighted by atomic mass is 10.2. The van der Waals surface area contributed by atoms with E-state index in [1.54, 1.807) is 6.20 Å². The van der Waals surface area contributed by atoms with Crippen molar-refractivity contribution >= 4 is 13.3 Å². The molecule has 2 N–H and O–H groups in total. The molecule has 0 spiro atoms. The first kappa shape index (κ1) is 14.9. The van der Waals surface area contributed by atoms with Gasteiger partial charge in [0.05, 0.1) is 0 Å². The van der Waals surface area contributed by atoms with Gasteiger partial charge in [0.15, 0.2) is 5.78 Å². The van der Waals surface area contributed by atoms with Crippen molar-refractivity contribution in [3.05, 3.63) is 53.9 Å². The number of benzene rings is 1. The fraction of sp³-hybridized carbons (Fsp3) is 0.286. The van der Waals surface area contributed by atoms with Gasteiger partial charge in [0, 0.05) is 31.8 Å². The highest BCUT2D eigenvalue weighted by Crippen LogP contribution is 2.59. The fourth-order valence-corrected chi connectivity index (χ4v) is 3.31. The lowest BCUT2D eigenvalue weighted by Crippen LogP contribution is -2.14. The Kier molecular flexibility index (Phi) is 4.65. The van der Waals surface area contributed by atoms with E-state index in [1.807, 2.05) is 43.3 Å². The summed E-state index contributed by atoms with van der Waals surface area (Å²) < 4.78 is 22.9. The first-order valence-corrected chi connectivity index (χ1v) is 7.88. The van der Waals surface area contributed by atoms with Crippen LogP contribution >= 0.6 is 7.60 Å². The van der Waals surface area contributed by atoms with Crippen molar-refractivity contribution in [2.45, 2.75) is 12.7 Å². The van der Waals surface area contributed by atoms with Crippen LogP contribution in [0.3, 0.4) is 0 Å². The molecule has 1 atom stereocenters. The second-order valence-electron chi connectivity index (χ2n) is 4.44. The Morgan fingerprint density at radius 2 is 1.80 bits per heavy atom. The van der Waals surface area contributed by atoms with E-state index in [0.29, 0.717) is 0 Å². The van der Waals surface area contributed by atoms with Crippen LogP contribution in [0.4, 0.5) is 5.69 Å². The van der Waals surface area contributed by atoms with Crippen molar-refractivity contribution in [1.29, 1.82) is 0 Å². The van der Waals surface area contributed by atoms with E-state index in [2.05, 4.69) is 10.3 Å². The zero-order valence-corrected chi connectivity index (χ0v) is 12.7. The van der Waals surface area contributed by atoms with Crippen molar-refractivity contribution in [2.24, 2.45) is 0 Å². The second-order valence-corrected chi connectivity index (χ2v) is 6.77. The zero-order chi connectivity index (χ0) is 14.6. The van der Waals surface area contributed by atoms with Gasteiger partial charge in [0.1, 0.15) is 0 Å². The van der Waals surface area contributed by atoms with Crippen LogP contribution in [-0.2, 0) is 13.6 Å². The van der Waals surface area contributed by atoms with Gasteiger partial charge in [0.2, 0.25) is 0 Å². The highest BCUT2D eigenvalue weighted by molar-refractivity contribution is 7.54. The summed E-state index contributed by atoms with van der Waals surface area (Å²) >= 11 is 0. The number of anilines is 1. The summed E-state index contributed by atoms with van der Waals surface area (Å²) in [6.07, 6.45) is 1.77. The summed E-state index contributed by atoms with van der Waals surface area (Å²) in [7, 11) is -0.528. The van der Waals surface area contributed by atoms with Gasteiger partial charge in [-0.05, 0) is 31.2 Å². The quantitative estimate of drug-likeness (QED) is 0.793. The van der Waals surface area contributed by atoms with Crippen LogP contribution in [0, 0.1) is 6.92 Å². The molecule has 0 radical (unpaired) electrons. The third kappa shape index (κ3) is 3.12. The fourth-order valence-electron chi connectivity index (χ4n) is 1.93. The summed E-state index contributed by atoms with van der Waals surface area (Å²) in [6, 6.07) is 11.5. The molecule has 1 aromatic carbocycles. The summed E-state index contributed by atoms with van der Waals surface area (Å²) in [5, 5.41) is 3.21. The number of aryl methyl sites for hydroxylation is 1. The molecular formula is C14H19N2O3P. The SMILES string of the molecule is COP(=O)(OC)C(Nc1ccc(C)cc1)c1ccc[nH]1. The number of hydrogen-bond donors (Lipinski definition) is 2. The van der Waals surface area contributed by atoms with E-state index >= 15 is 0 Å². The van der Waals surface area contributed by atoms with Crippen LogP contribution in [-0.4, -0.2) is 19.2 Å². The van der Waals surface area contributed by atoms with Gasteiger partial charge >= 0.3 is 7.60 Å². The Bertz CT molecular complexity index is 573. The summed E-state index contributed by atoms with van der Waals surface area (Å²) in [5.41, 5.74) is 2.76. The molecule has 0 amide bonds. The molecule has 2 aromatic rings. The molecule has 1 heterocycles. The first-order valence-electron chi connectivity index (χ1n) is 6.27. The lowest BCUT2D eigenvalue weighted by molar-refractivity contribution is 0.268. The molecule has 2 rings (SSSR count). The largest absolute Gasteiger partial charge is 0.367 e. The van der Waals surface area contributed by atoms with E-state index < -0.39 is 13.4 Å². The monoisotopic (exact) mass is 294 g/mol. The Labute approximate surface area is 118 Å². The molecule has 1 aromatic heterocycles. The molecule has 6 heteroatoms. The normalized spacial score (nSPS) is 13.2. The van der Waals surface area contributed by atoms with E-state index in [0.717, 1.165) is 16.9 Å². The summed E-state index contributed by atoms with van der Waals surface area (Å²) in [5.74, 6) is -0.588. The Morgan fingerprint density at radius 1 is 1.15 bits per heavy atom. The predicted molar refractivity (Wildman–Crippen MR) is 80.0 cm³/mol. The lowest BCUT2D eigenvalue weighted by Gasteiger charge is -2.25. The van der Waals surface area contributed by atoms with E-state index in [-0.39, 0.29) is 0 Å². The topological polar surface area (TPSA) is 63.4 Å². The van der Waals surface area contributed by atoms with Crippen molar-refractivity contribution < 1.29 is 13.6 Å². The molecule has 1 unspecified atom stereocenters. The molecule has 0 saturated carbocycles.